The number of rotatable bonds is 3. The molecule has 1 aromatic rings. The fourth-order valence-electron chi connectivity index (χ4n) is 0.671. The highest BCUT2D eigenvalue weighted by Crippen LogP contribution is 2.06. The fraction of sp³-hybridized carbons (Fsp3) is 0.429. The van der Waals surface area contributed by atoms with Crippen molar-refractivity contribution in [2.24, 2.45) is 0 Å². The van der Waals surface area contributed by atoms with Crippen LogP contribution in [0.1, 0.15) is 18.4 Å². The van der Waals surface area contributed by atoms with Gasteiger partial charge in [-0.05, 0) is 13.3 Å². The summed E-state index contributed by atoms with van der Waals surface area (Å²) in [6.45, 7) is 1.83. The molecule has 0 aliphatic rings. The number of nitrogens with zero attached hydrogens (tertiary/aromatic N) is 1. The predicted octanol–water partition coefficient (Wildman–Crippen LogP) is 2.12. The maximum absolute atomic E-state index is 7.17. The molecular weight excluding hydrogens is 144 g/mol. The number of hydrogen-bond donors (Lipinski definition) is 1. The summed E-state index contributed by atoms with van der Waals surface area (Å²) in [4.78, 5) is 4.11. The molecule has 0 atom stereocenters. The van der Waals surface area contributed by atoms with Crippen molar-refractivity contribution in [2.45, 2.75) is 19.8 Å². The van der Waals surface area contributed by atoms with Gasteiger partial charge in [0.05, 0.1) is 5.01 Å². The Morgan fingerprint density at radius 1 is 1.80 bits per heavy atom. The largest absolute Gasteiger partial charge is 0.310 e. The molecule has 0 aliphatic carbocycles. The first-order valence-corrected chi connectivity index (χ1v) is 4.09. The summed E-state index contributed by atoms with van der Waals surface area (Å²) in [7, 11) is 0. The lowest BCUT2D eigenvalue weighted by Gasteiger charge is -1.91. The Labute approximate surface area is 64.4 Å². The first-order chi connectivity index (χ1) is 4.79. The highest BCUT2D eigenvalue weighted by molar-refractivity contribution is 7.09. The zero-order valence-corrected chi connectivity index (χ0v) is 6.74. The molecule has 3 heteroatoms. The second-order valence-electron chi connectivity index (χ2n) is 2.21. The van der Waals surface area contributed by atoms with E-state index in [1.165, 1.54) is 0 Å². The van der Waals surface area contributed by atoms with Gasteiger partial charge in [-0.25, -0.2) is 4.98 Å². The van der Waals surface area contributed by atoms with Crippen LogP contribution in [-0.2, 0) is 6.42 Å². The normalized spacial score (nSPS) is 9.70. The molecule has 10 heavy (non-hydrogen) atoms. The van der Waals surface area contributed by atoms with Gasteiger partial charge in [0.15, 0.2) is 0 Å². The lowest BCUT2D eigenvalue weighted by Crippen LogP contribution is -1.91. The smallest absolute Gasteiger partial charge is 0.0928 e. The van der Waals surface area contributed by atoms with Crippen molar-refractivity contribution in [3.63, 3.8) is 0 Å². The number of thiazole rings is 1. The zero-order valence-electron chi connectivity index (χ0n) is 5.92. The Morgan fingerprint density at radius 3 is 3.10 bits per heavy atom. The maximum Gasteiger partial charge on any atom is 0.0928 e. The number of aromatic nitrogens is 1. The van der Waals surface area contributed by atoms with Gasteiger partial charge in [0, 0.05) is 23.7 Å². The monoisotopic (exact) mass is 154 g/mol. The number of aryl methyl sites for hydroxylation is 1. The van der Waals surface area contributed by atoms with Crippen LogP contribution in [0.5, 0.6) is 0 Å². The Morgan fingerprint density at radius 2 is 2.60 bits per heavy atom. The summed E-state index contributed by atoms with van der Waals surface area (Å²) in [5.74, 6) is 0. The van der Waals surface area contributed by atoms with E-state index in [9.17, 15) is 0 Å². The molecule has 0 aromatic carbocycles. The van der Waals surface area contributed by atoms with Crippen molar-refractivity contribution < 1.29 is 0 Å². The second kappa shape index (κ2) is 3.46. The molecule has 0 aliphatic heterocycles. The maximum atomic E-state index is 7.17. The molecule has 0 saturated heterocycles. The van der Waals surface area contributed by atoms with Gasteiger partial charge >= 0.3 is 0 Å². The van der Waals surface area contributed by atoms with Gasteiger partial charge in [0.25, 0.3) is 0 Å². The van der Waals surface area contributed by atoms with Gasteiger partial charge in [0.2, 0.25) is 0 Å². The average molecular weight is 154 g/mol. The first-order valence-electron chi connectivity index (χ1n) is 3.21. The van der Waals surface area contributed by atoms with Crippen molar-refractivity contribution in [1.82, 2.24) is 4.98 Å². The Bertz CT molecular complexity index is 203. The van der Waals surface area contributed by atoms with Crippen LogP contribution in [0.3, 0.4) is 0 Å². The van der Waals surface area contributed by atoms with E-state index in [0.717, 1.165) is 23.6 Å². The molecule has 0 amide bonds. The molecule has 1 N–H and O–H groups in total. The standard InChI is InChI=1S/C7H10N2S/c1-6(8)2-3-7-9-4-5-10-7/h4-5,8H,2-3H2,1H3. The summed E-state index contributed by atoms with van der Waals surface area (Å²) >= 11 is 1.66. The third kappa shape index (κ3) is 2.27. The topological polar surface area (TPSA) is 36.7 Å². The van der Waals surface area contributed by atoms with Crippen LogP contribution in [0, 0.1) is 5.41 Å². The van der Waals surface area contributed by atoms with Gasteiger partial charge in [-0.1, -0.05) is 0 Å². The van der Waals surface area contributed by atoms with Crippen LogP contribution in [0.4, 0.5) is 0 Å². The Hall–Kier alpha value is -0.700. The van der Waals surface area contributed by atoms with Crippen LogP contribution >= 0.6 is 11.3 Å². The lowest BCUT2D eigenvalue weighted by molar-refractivity contribution is 1.00. The second-order valence-corrected chi connectivity index (χ2v) is 3.19. The van der Waals surface area contributed by atoms with E-state index in [1.54, 1.807) is 17.5 Å². The molecule has 0 saturated carbocycles. The molecule has 0 radical (unpaired) electrons. The third-order valence-electron chi connectivity index (χ3n) is 1.20. The molecule has 54 valence electrons. The summed E-state index contributed by atoms with van der Waals surface area (Å²) in [5, 5.41) is 10.3. The quantitative estimate of drug-likeness (QED) is 0.665. The van der Waals surface area contributed by atoms with E-state index in [0.29, 0.717) is 0 Å². The van der Waals surface area contributed by atoms with Crippen molar-refractivity contribution >= 4 is 17.0 Å². The fourth-order valence-corrected chi connectivity index (χ4v) is 1.29. The van der Waals surface area contributed by atoms with Crippen molar-refractivity contribution in [1.29, 1.82) is 5.41 Å². The minimum Gasteiger partial charge on any atom is -0.310 e. The molecule has 0 spiro atoms. The van der Waals surface area contributed by atoms with E-state index >= 15 is 0 Å². The summed E-state index contributed by atoms with van der Waals surface area (Å²) < 4.78 is 0. The van der Waals surface area contributed by atoms with Crippen molar-refractivity contribution in [3.8, 4) is 0 Å². The number of hydrogen-bond acceptors (Lipinski definition) is 3. The van der Waals surface area contributed by atoms with Gasteiger partial charge in [0.1, 0.15) is 0 Å². The van der Waals surface area contributed by atoms with Crippen LogP contribution in [-0.4, -0.2) is 10.7 Å². The first kappa shape index (κ1) is 7.41. The highest BCUT2D eigenvalue weighted by Gasteiger charge is 1.94. The van der Waals surface area contributed by atoms with Gasteiger partial charge in [-0.2, -0.15) is 0 Å². The molecule has 1 rings (SSSR count). The van der Waals surface area contributed by atoms with E-state index in [4.69, 9.17) is 5.41 Å². The van der Waals surface area contributed by atoms with Crippen molar-refractivity contribution in [3.05, 3.63) is 16.6 Å². The van der Waals surface area contributed by atoms with Gasteiger partial charge < -0.3 is 5.41 Å². The molecule has 2 nitrogen and oxygen atoms in total. The molecule has 1 aromatic heterocycles. The molecular formula is C7H10N2S. The minimum atomic E-state index is 0.732. The van der Waals surface area contributed by atoms with Crippen molar-refractivity contribution in [2.75, 3.05) is 0 Å². The Balaban J connectivity index is 2.35. The molecule has 0 unspecified atom stereocenters. The van der Waals surface area contributed by atoms with E-state index in [-0.39, 0.29) is 0 Å². The highest BCUT2D eigenvalue weighted by atomic mass is 32.1. The molecule has 0 fully saturated rings. The number of nitrogens with one attached hydrogen (secondary N) is 1. The lowest BCUT2D eigenvalue weighted by atomic mass is 10.2. The van der Waals surface area contributed by atoms with Gasteiger partial charge in [-0.15, -0.1) is 11.3 Å². The zero-order chi connectivity index (χ0) is 7.40. The van der Waals surface area contributed by atoms with E-state index < -0.39 is 0 Å². The van der Waals surface area contributed by atoms with Crippen LogP contribution in [0.2, 0.25) is 0 Å². The van der Waals surface area contributed by atoms with Crippen LogP contribution in [0.25, 0.3) is 0 Å². The molecule has 0 bridgehead atoms. The van der Waals surface area contributed by atoms with Crippen LogP contribution < -0.4 is 0 Å². The predicted molar refractivity (Wildman–Crippen MR) is 43.8 cm³/mol. The minimum absolute atomic E-state index is 0.732. The summed E-state index contributed by atoms with van der Waals surface area (Å²) in [6.07, 6.45) is 3.57. The summed E-state index contributed by atoms with van der Waals surface area (Å²) in [5.41, 5.74) is 0.732. The average Bonchev–Trinajstić information content (AvgIpc) is 2.34. The van der Waals surface area contributed by atoms with Crippen LogP contribution in [0.15, 0.2) is 11.6 Å². The summed E-state index contributed by atoms with van der Waals surface area (Å²) in [6, 6.07) is 0. The SMILES string of the molecule is CC(=N)CCc1nccs1. The van der Waals surface area contributed by atoms with Gasteiger partial charge in [-0.3, -0.25) is 0 Å². The Kier molecular flexibility index (Phi) is 2.57. The van der Waals surface area contributed by atoms with E-state index in [1.807, 2.05) is 12.3 Å². The molecule has 1 heterocycles. The third-order valence-corrected chi connectivity index (χ3v) is 2.04. The van der Waals surface area contributed by atoms with E-state index in [2.05, 4.69) is 4.98 Å².